The average Bonchev–Trinajstić information content (AvgIpc) is 2.30. The maximum Gasteiger partial charge on any atom is 0.0398 e. The monoisotopic (exact) mass is 305 g/mol. The number of rotatable bonds is 2. The topological polar surface area (TPSA) is 28.2 Å². The summed E-state index contributed by atoms with van der Waals surface area (Å²) in [4.78, 5) is 6.71. The lowest BCUT2D eigenvalue weighted by molar-refractivity contribution is 0.0862. The molecule has 1 aromatic heterocycles. The Morgan fingerprint density at radius 3 is 2.11 bits per heavy atom. The Hall–Kier alpha value is -0.350. The van der Waals surface area contributed by atoms with Gasteiger partial charge in [-0.25, -0.2) is 0 Å². The lowest BCUT2D eigenvalue weighted by Gasteiger charge is -2.42. The van der Waals surface area contributed by atoms with Crippen LogP contribution in [-0.4, -0.2) is 36.1 Å². The Morgan fingerprint density at radius 2 is 1.63 bits per heavy atom. The summed E-state index contributed by atoms with van der Waals surface area (Å²) in [7, 11) is 0. The van der Waals surface area contributed by atoms with Crippen molar-refractivity contribution < 1.29 is 0 Å². The van der Waals surface area contributed by atoms with Gasteiger partial charge in [0.15, 0.2) is 0 Å². The van der Waals surface area contributed by atoms with Crippen molar-refractivity contribution in [2.45, 2.75) is 26.8 Å². The van der Waals surface area contributed by atoms with Gasteiger partial charge in [-0.05, 0) is 23.1 Å². The quantitative estimate of drug-likeness (QED) is 0.910. The molecule has 2 heterocycles. The standard InChI is InChI=1S/C14H23N3.2ClH/c1-14(2,3)13(12-4-6-15-7-5-12)17-10-8-16-9-11-17;;/h4-7,13,16H,8-11H2,1-3H3;2*1H/t13-;;/m1../s1. The third-order valence-electron chi connectivity index (χ3n) is 3.36. The molecule has 110 valence electrons. The molecule has 3 nitrogen and oxygen atoms in total. The van der Waals surface area contributed by atoms with Crippen LogP contribution in [0.2, 0.25) is 0 Å². The van der Waals surface area contributed by atoms with Crippen LogP contribution in [0.1, 0.15) is 32.4 Å². The molecule has 0 spiro atoms. The first kappa shape index (κ1) is 18.7. The summed E-state index contributed by atoms with van der Waals surface area (Å²) in [5.74, 6) is 0. The van der Waals surface area contributed by atoms with Crippen LogP contribution in [0.4, 0.5) is 0 Å². The number of nitrogens with one attached hydrogen (secondary N) is 1. The summed E-state index contributed by atoms with van der Waals surface area (Å²) < 4.78 is 0. The SMILES string of the molecule is CC(C)(C)[C@@H](c1ccncc1)N1CCNCC1.Cl.Cl. The summed E-state index contributed by atoms with van der Waals surface area (Å²) in [6, 6.07) is 4.78. The second-order valence-corrected chi connectivity index (χ2v) is 5.84. The van der Waals surface area contributed by atoms with Crippen molar-refractivity contribution in [3.63, 3.8) is 0 Å². The fraction of sp³-hybridized carbons (Fsp3) is 0.643. The number of piperazine rings is 1. The highest BCUT2D eigenvalue weighted by atomic mass is 35.5. The van der Waals surface area contributed by atoms with Crippen LogP contribution >= 0.6 is 24.8 Å². The van der Waals surface area contributed by atoms with Crippen molar-refractivity contribution in [2.24, 2.45) is 5.41 Å². The largest absolute Gasteiger partial charge is 0.314 e. The zero-order valence-corrected chi connectivity index (χ0v) is 13.6. The van der Waals surface area contributed by atoms with Crippen LogP contribution in [0.3, 0.4) is 0 Å². The predicted molar refractivity (Wildman–Crippen MR) is 85.4 cm³/mol. The number of pyridine rings is 1. The minimum Gasteiger partial charge on any atom is -0.314 e. The molecule has 19 heavy (non-hydrogen) atoms. The first-order valence-corrected chi connectivity index (χ1v) is 6.44. The van der Waals surface area contributed by atoms with Crippen LogP contribution in [-0.2, 0) is 0 Å². The number of hydrogen-bond acceptors (Lipinski definition) is 3. The minimum atomic E-state index is 0. The van der Waals surface area contributed by atoms with Gasteiger partial charge in [0.25, 0.3) is 0 Å². The van der Waals surface area contributed by atoms with E-state index in [4.69, 9.17) is 0 Å². The number of aromatic nitrogens is 1. The third kappa shape index (κ3) is 4.92. The van der Waals surface area contributed by atoms with Gasteiger partial charge >= 0.3 is 0 Å². The lowest BCUT2D eigenvalue weighted by Crippen LogP contribution is -2.48. The van der Waals surface area contributed by atoms with E-state index >= 15 is 0 Å². The second-order valence-electron chi connectivity index (χ2n) is 5.84. The van der Waals surface area contributed by atoms with Crippen LogP contribution in [0.15, 0.2) is 24.5 Å². The van der Waals surface area contributed by atoms with E-state index in [1.807, 2.05) is 12.4 Å². The van der Waals surface area contributed by atoms with Crippen LogP contribution in [0.5, 0.6) is 0 Å². The molecule has 1 saturated heterocycles. The summed E-state index contributed by atoms with van der Waals surface area (Å²) in [6.07, 6.45) is 3.80. The van der Waals surface area contributed by atoms with E-state index in [0.29, 0.717) is 6.04 Å². The molecule has 1 atom stereocenters. The Labute approximate surface area is 129 Å². The molecular weight excluding hydrogens is 281 g/mol. The number of halogens is 2. The highest BCUT2D eigenvalue weighted by Crippen LogP contribution is 2.37. The van der Waals surface area contributed by atoms with Crippen molar-refractivity contribution in [2.75, 3.05) is 26.2 Å². The number of hydrogen-bond donors (Lipinski definition) is 1. The van der Waals surface area contributed by atoms with Gasteiger partial charge in [-0.15, -0.1) is 24.8 Å². The zero-order chi connectivity index (χ0) is 12.3. The Morgan fingerprint density at radius 1 is 1.11 bits per heavy atom. The second kappa shape index (κ2) is 8.05. The summed E-state index contributed by atoms with van der Waals surface area (Å²) in [5, 5.41) is 3.42. The van der Waals surface area contributed by atoms with Gasteiger partial charge in [0.2, 0.25) is 0 Å². The Kier molecular flexibility index (Phi) is 7.90. The van der Waals surface area contributed by atoms with E-state index < -0.39 is 0 Å². The average molecular weight is 306 g/mol. The van der Waals surface area contributed by atoms with Gasteiger partial charge < -0.3 is 5.32 Å². The van der Waals surface area contributed by atoms with E-state index in [1.54, 1.807) is 0 Å². The van der Waals surface area contributed by atoms with Crippen molar-refractivity contribution in [1.82, 2.24) is 15.2 Å². The van der Waals surface area contributed by atoms with Gasteiger partial charge in [0.1, 0.15) is 0 Å². The minimum absolute atomic E-state index is 0. The first-order chi connectivity index (χ1) is 8.09. The lowest BCUT2D eigenvalue weighted by atomic mass is 9.81. The number of nitrogens with zero attached hydrogens (tertiary/aromatic N) is 2. The van der Waals surface area contributed by atoms with Gasteiger partial charge in [-0.2, -0.15) is 0 Å². The molecule has 5 heteroatoms. The van der Waals surface area contributed by atoms with Gasteiger partial charge in [-0.3, -0.25) is 9.88 Å². The molecule has 0 bridgehead atoms. The molecule has 1 N–H and O–H groups in total. The van der Waals surface area contributed by atoms with E-state index in [1.165, 1.54) is 5.56 Å². The Bertz CT molecular complexity index is 345. The summed E-state index contributed by atoms with van der Waals surface area (Å²) in [6.45, 7) is 11.4. The third-order valence-corrected chi connectivity index (χ3v) is 3.36. The van der Waals surface area contributed by atoms with Crippen LogP contribution in [0.25, 0.3) is 0 Å². The van der Waals surface area contributed by atoms with Crippen molar-refractivity contribution in [3.8, 4) is 0 Å². The molecule has 0 aromatic carbocycles. The first-order valence-electron chi connectivity index (χ1n) is 6.44. The normalized spacial score (nSPS) is 18.1. The molecule has 0 unspecified atom stereocenters. The molecule has 1 aromatic rings. The molecular formula is C14H25Cl2N3. The molecule has 1 aliphatic heterocycles. The predicted octanol–water partition coefficient (Wildman–Crippen LogP) is 2.92. The van der Waals surface area contributed by atoms with E-state index in [-0.39, 0.29) is 30.2 Å². The maximum atomic E-state index is 4.12. The molecule has 0 aliphatic carbocycles. The highest BCUT2D eigenvalue weighted by Gasteiger charge is 2.32. The maximum absolute atomic E-state index is 4.12. The van der Waals surface area contributed by atoms with Gasteiger partial charge in [0, 0.05) is 44.6 Å². The van der Waals surface area contributed by atoms with Crippen LogP contribution < -0.4 is 5.32 Å². The van der Waals surface area contributed by atoms with Gasteiger partial charge in [-0.1, -0.05) is 20.8 Å². The van der Waals surface area contributed by atoms with Crippen LogP contribution in [0, 0.1) is 5.41 Å². The molecule has 0 amide bonds. The summed E-state index contributed by atoms with van der Waals surface area (Å²) in [5.41, 5.74) is 1.63. The van der Waals surface area contributed by atoms with E-state index in [9.17, 15) is 0 Å². The molecule has 0 radical (unpaired) electrons. The smallest absolute Gasteiger partial charge is 0.0398 e. The fourth-order valence-corrected chi connectivity index (χ4v) is 2.74. The van der Waals surface area contributed by atoms with E-state index in [2.05, 4.69) is 48.1 Å². The van der Waals surface area contributed by atoms with Crippen molar-refractivity contribution in [3.05, 3.63) is 30.1 Å². The van der Waals surface area contributed by atoms with E-state index in [0.717, 1.165) is 26.2 Å². The molecule has 1 fully saturated rings. The summed E-state index contributed by atoms with van der Waals surface area (Å²) >= 11 is 0. The molecule has 0 saturated carbocycles. The van der Waals surface area contributed by atoms with Gasteiger partial charge in [0.05, 0.1) is 0 Å². The molecule has 1 aliphatic rings. The van der Waals surface area contributed by atoms with Crippen molar-refractivity contribution in [1.29, 1.82) is 0 Å². The molecule has 2 rings (SSSR count). The fourth-order valence-electron chi connectivity index (χ4n) is 2.74. The van der Waals surface area contributed by atoms with Crippen molar-refractivity contribution >= 4 is 24.8 Å². The Balaban J connectivity index is 0.00000162. The zero-order valence-electron chi connectivity index (χ0n) is 11.9. The highest BCUT2D eigenvalue weighted by molar-refractivity contribution is 5.85.